The molecule has 1 heterocycles. The third-order valence-electron chi connectivity index (χ3n) is 4.18. The molecule has 0 saturated carbocycles. The molecular formula is C20H21N3O. The number of aromatic amines is 1. The minimum absolute atomic E-state index is 0.113. The Bertz CT molecular complexity index is 922. The van der Waals surface area contributed by atoms with E-state index in [-0.39, 0.29) is 5.91 Å². The van der Waals surface area contributed by atoms with Gasteiger partial charge < -0.3 is 4.98 Å². The molecule has 0 aliphatic rings. The molecule has 0 aliphatic carbocycles. The third kappa shape index (κ3) is 3.38. The number of hydrogen-bond donors (Lipinski definition) is 2. The lowest BCUT2D eigenvalue weighted by Crippen LogP contribution is -2.20. The summed E-state index contributed by atoms with van der Waals surface area (Å²) in [6.45, 7) is 6.04. The second-order valence-electron chi connectivity index (χ2n) is 6.11. The zero-order chi connectivity index (χ0) is 17.1. The Balaban J connectivity index is 1.70. The fourth-order valence-electron chi connectivity index (χ4n) is 2.84. The first-order valence-corrected chi connectivity index (χ1v) is 8.00. The molecule has 1 aromatic heterocycles. The highest BCUT2D eigenvalue weighted by Gasteiger charge is 2.07. The summed E-state index contributed by atoms with van der Waals surface area (Å²) in [4.78, 5) is 15.4. The van der Waals surface area contributed by atoms with E-state index in [4.69, 9.17) is 0 Å². The molecule has 4 heteroatoms. The molecule has 0 spiro atoms. The van der Waals surface area contributed by atoms with Crippen LogP contribution in [0.4, 0.5) is 0 Å². The minimum Gasteiger partial charge on any atom is -0.358 e. The molecule has 0 saturated heterocycles. The van der Waals surface area contributed by atoms with Crippen molar-refractivity contribution in [2.75, 3.05) is 0 Å². The fraction of sp³-hybridized carbons (Fsp3) is 0.200. The summed E-state index contributed by atoms with van der Waals surface area (Å²) in [5.41, 5.74) is 9.03. The van der Waals surface area contributed by atoms with Gasteiger partial charge in [0.2, 0.25) is 5.91 Å². The molecule has 0 unspecified atom stereocenters. The first-order valence-electron chi connectivity index (χ1n) is 8.00. The van der Waals surface area contributed by atoms with Crippen LogP contribution in [-0.4, -0.2) is 17.1 Å². The van der Waals surface area contributed by atoms with Crippen molar-refractivity contribution in [3.63, 3.8) is 0 Å². The van der Waals surface area contributed by atoms with Crippen LogP contribution in [0.25, 0.3) is 10.9 Å². The van der Waals surface area contributed by atoms with E-state index in [1.807, 2.05) is 57.2 Å². The van der Waals surface area contributed by atoms with E-state index >= 15 is 0 Å². The Hall–Kier alpha value is -2.88. The lowest BCUT2D eigenvalue weighted by molar-refractivity contribution is -0.120. The second-order valence-corrected chi connectivity index (χ2v) is 6.11. The van der Waals surface area contributed by atoms with Crippen LogP contribution >= 0.6 is 0 Å². The molecule has 4 nitrogen and oxygen atoms in total. The van der Waals surface area contributed by atoms with Gasteiger partial charge in [-0.25, -0.2) is 5.43 Å². The number of fused-ring (bicyclic) bond motifs is 1. The number of carbonyl (C=O) groups is 1. The number of H-pyrrole nitrogens is 1. The van der Waals surface area contributed by atoms with Crippen LogP contribution in [0.2, 0.25) is 0 Å². The van der Waals surface area contributed by atoms with E-state index < -0.39 is 0 Å². The van der Waals surface area contributed by atoms with Crippen LogP contribution in [0.15, 0.2) is 47.6 Å². The number of aryl methyl sites for hydroxylation is 3. The molecule has 0 aliphatic heterocycles. The third-order valence-corrected chi connectivity index (χ3v) is 4.18. The van der Waals surface area contributed by atoms with Gasteiger partial charge >= 0.3 is 0 Å². The molecule has 0 bridgehead atoms. The smallest absolute Gasteiger partial charge is 0.244 e. The number of amides is 1. The molecule has 0 fully saturated rings. The van der Waals surface area contributed by atoms with Gasteiger partial charge in [0, 0.05) is 22.2 Å². The van der Waals surface area contributed by atoms with Crippen molar-refractivity contribution in [3.8, 4) is 0 Å². The quantitative estimate of drug-likeness (QED) is 0.558. The van der Waals surface area contributed by atoms with Gasteiger partial charge in [0.1, 0.15) is 0 Å². The highest BCUT2D eigenvalue weighted by molar-refractivity contribution is 6.00. The topological polar surface area (TPSA) is 57.2 Å². The van der Waals surface area contributed by atoms with Crippen molar-refractivity contribution in [3.05, 3.63) is 70.4 Å². The molecule has 2 aromatic carbocycles. The number of para-hydroxylation sites is 1. The molecule has 2 N–H and O–H groups in total. The highest BCUT2D eigenvalue weighted by Crippen LogP contribution is 2.19. The Morgan fingerprint density at radius 1 is 1.17 bits per heavy atom. The molecule has 1 amide bonds. The number of hydrazone groups is 1. The second kappa shape index (κ2) is 6.71. The molecule has 0 radical (unpaired) electrons. The number of nitrogens with one attached hydrogen (secondary N) is 2. The van der Waals surface area contributed by atoms with Crippen LogP contribution in [0.5, 0.6) is 0 Å². The van der Waals surface area contributed by atoms with E-state index in [9.17, 15) is 4.79 Å². The lowest BCUT2D eigenvalue weighted by atomic mass is 10.0. The average molecular weight is 319 g/mol. The van der Waals surface area contributed by atoms with Gasteiger partial charge in [-0.05, 0) is 38.0 Å². The Labute approximate surface area is 141 Å². The maximum atomic E-state index is 12.1. The maximum Gasteiger partial charge on any atom is 0.244 e. The zero-order valence-corrected chi connectivity index (χ0v) is 14.2. The molecule has 0 atom stereocenters. The summed E-state index contributed by atoms with van der Waals surface area (Å²) in [7, 11) is 0. The van der Waals surface area contributed by atoms with Gasteiger partial charge in [-0.2, -0.15) is 5.10 Å². The summed E-state index contributed by atoms with van der Waals surface area (Å²) in [6.07, 6.45) is 2.03. The Morgan fingerprint density at radius 2 is 1.96 bits per heavy atom. The van der Waals surface area contributed by atoms with Gasteiger partial charge in [0.05, 0.1) is 12.6 Å². The zero-order valence-electron chi connectivity index (χ0n) is 14.2. The fourth-order valence-corrected chi connectivity index (χ4v) is 2.84. The average Bonchev–Trinajstić information content (AvgIpc) is 2.87. The summed E-state index contributed by atoms with van der Waals surface area (Å²) in [5.74, 6) is -0.113. The van der Waals surface area contributed by atoms with Crippen LogP contribution in [0, 0.1) is 20.8 Å². The maximum absolute atomic E-state index is 12.1. The lowest BCUT2D eigenvalue weighted by Gasteiger charge is -2.06. The molecule has 24 heavy (non-hydrogen) atoms. The van der Waals surface area contributed by atoms with E-state index in [2.05, 4.69) is 21.6 Å². The van der Waals surface area contributed by atoms with Gasteiger partial charge in [0.25, 0.3) is 0 Å². The normalized spacial score (nSPS) is 11.3. The summed E-state index contributed by atoms with van der Waals surface area (Å²) >= 11 is 0. The highest BCUT2D eigenvalue weighted by atomic mass is 16.2. The van der Waals surface area contributed by atoms with Crippen molar-refractivity contribution < 1.29 is 4.79 Å². The number of carbonyl (C=O) groups excluding carboxylic acids is 1. The predicted molar refractivity (Wildman–Crippen MR) is 98.4 cm³/mol. The number of rotatable bonds is 4. The number of hydrogen-bond acceptors (Lipinski definition) is 2. The van der Waals surface area contributed by atoms with Gasteiger partial charge in [-0.1, -0.05) is 42.0 Å². The van der Waals surface area contributed by atoms with Crippen LogP contribution in [0.3, 0.4) is 0 Å². The van der Waals surface area contributed by atoms with Crippen LogP contribution in [0.1, 0.15) is 27.9 Å². The van der Waals surface area contributed by atoms with E-state index in [0.717, 1.165) is 38.9 Å². The standard InChI is InChI=1S/C20H21N3O/c1-13-8-9-14(2)16(10-13)11-20(24)23-21-12-18-15(3)22-19-7-5-4-6-17(18)19/h4-10,12,22H,11H2,1-3H3,(H,23,24)/b21-12-. The monoisotopic (exact) mass is 319 g/mol. The number of benzene rings is 2. The largest absolute Gasteiger partial charge is 0.358 e. The first-order chi connectivity index (χ1) is 11.5. The summed E-state index contributed by atoms with van der Waals surface area (Å²) < 4.78 is 0. The summed E-state index contributed by atoms with van der Waals surface area (Å²) in [6, 6.07) is 14.2. The van der Waals surface area contributed by atoms with E-state index in [0.29, 0.717) is 6.42 Å². The molecule has 3 aromatic rings. The molecule has 122 valence electrons. The summed E-state index contributed by atoms with van der Waals surface area (Å²) in [5, 5.41) is 5.23. The van der Waals surface area contributed by atoms with Gasteiger partial charge in [-0.15, -0.1) is 0 Å². The van der Waals surface area contributed by atoms with Crippen LogP contribution in [-0.2, 0) is 11.2 Å². The predicted octanol–water partition coefficient (Wildman–Crippen LogP) is 3.79. The number of nitrogens with zero attached hydrogens (tertiary/aromatic N) is 1. The van der Waals surface area contributed by atoms with Gasteiger partial charge in [-0.3, -0.25) is 4.79 Å². The molecular weight excluding hydrogens is 298 g/mol. The SMILES string of the molecule is Cc1ccc(C)c(CC(=O)N/N=C\c2c(C)[nH]c3ccccc23)c1. The first kappa shape index (κ1) is 16.0. The van der Waals surface area contributed by atoms with E-state index in [1.165, 1.54) is 0 Å². The van der Waals surface area contributed by atoms with Crippen molar-refractivity contribution in [1.29, 1.82) is 0 Å². The Morgan fingerprint density at radius 3 is 2.79 bits per heavy atom. The van der Waals surface area contributed by atoms with Crippen molar-refractivity contribution >= 4 is 23.0 Å². The van der Waals surface area contributed by atoms with E-state index in [1.54, 1.807) is 6.21 Å². The van der Waals surface area contributed by atoms with Crippen molar-refractivity contribution in [2.24, 2.45) is 5.10 Å². The van der Waals surface area contributed by atoms with Crippen molar-refractivity contribution in [2.45, 2.75) is 27.2 Å². The minimum atomic E-state index is -0.113. The van der Waals surface area contributed by atoms with Gasteiger partial charge in [0.15, 0.2) is 0 Å². The van der Waals surface area contributed by atoms with Crippen LogP contribution < -0.4 is 5.43 Å². The van der Waals surface area contributed by atoms with Crippen molar-refractivity contribution in [1.82, 2.24) is 10.4 Å². The number of aromatic nitrogens is 1. The Kier molecular flexibility index (Phi) is 4.47. The molecule has 3 rings (SSSR count).